The third-order valence-corrected chi connectivity index (χ3v) is 3.33. The van der Waals surface area contributed by atoms with Crippen LogP contribution < -0.4 is 0 Å². The highest BCUT2D eigenvalue weighted by molar-refractivity contribution is 5.83. The summed E-state index contributed by atoms with van der Waals surface area (Å²) < 4.78 is 20.3. The Labute approximate surface area is 112 Å². The molecule has 2 atom stereocenters. The minimum atomic E-state index is -0.419. The lowest BCUT2D eigenvalue weighted by molar-refractivity contribution is -0.151. The number of halogens is 1. The lowest BCUT2D eigenvalue weighted by Gasteiger charge is -2.17. The molecule has 3 nitrogen and oxygen atoms in total. The Hall–Kier alpha value is -1.84. The van der Waals surface area contributed by atoms with Gasteiger partial charge in [-0.05, 0) is 44.5 Å². The van der Waals surface area contributed by atoms with Crippen molar-refractivity contribution in [2.24, 2.45) is 0 Å². The molecular weight excluding hydrogens is 245 g/mol. The third-order valence-electron chi connectivity index (χ3n) is 3.33. The molecule has 1 aromatic heterocycles. The molecule has 0 amide bonds. The summed E-state index contributed by atoms with van der Waals surface area (Å²) in [6.07, 6.45) is 2.48. The molecule has 1 aromatic carbocycles. The zero-order chi connectivity index (χ0) is 14.0. The van der Waals surface area contributed by atoms with Crippen molar-refractivity contribution in [3.8, 4) is 0 Å². The first-order valence-electron chi connectivity index (χ1n) is 6.49. The molecule has 0 fully saturated rings. The predicted octanol–water partition coefficient (Wildman–Crippen LogP) is 3.68. The molecule has 0 spiro atoms. The van der Waals surface area contributed by atoms with Gasteiger partial charge in [0.15, 0.2) is 0 Å². The molecule has 0 saturated carbocycles. The number of fused-ring (bicyclic) bond motifs is 1. The highest BCUT2D eigenvalue weighted by Crippen LogP contribution is 2.22. The van der Waals surface area contributed by atoms with E-state index in [4.69, 9.17) is 4.74 Å². The zero-order valence-electron chi connectivity index (χ0n) is 11.4. The summed E-state index contributed by atoms with van der Waals surface area (Å²) in [5.74, 6) is -0.545. The van der Waals surface area contributed by atoms with E-state index in [1.54, 1.807) is 29.8 Å². The number of esters is 1. The normalized spacial score (nSPS) is 14.3. The zero-order valence-corrected chi connectivity index (χ0v) is 11.4. The predicted molar refractivity (Wildman–Crippen MR) is 72.5 cm³/mol. The van der Waals surface area contributed by atoms with E-state index in [0.717, 1.165) is 17.3 Å². The highest BCUT2D eigenvalue weighted by atomic mass is 19.1. The van der Waals surface area contributed by atoms with Crippen LogP contribution in [0.5, 0.6) is 0 Å². The summed E-state index contributed by atoms with van der Waals surface area (Å²) in [6.45, 7) is 5.62. The SMILES string of the molecule is CCC(C)OC(=O)C(C)n1ccc2cc(F)ccc21. The maximum absolute atomic E-state index is 13.1. The number of nitrogens with zero attached hydrogens (tertiary/aromatic N) is 1. The van der Waals surface area contributed by atoms with Gasteiger partial charge < -0.3 is 9.30 Å². The van der Waals surface area contributed by atoms with Crippen molar-refractivity contribution in [2.75, 3.05) is 0 Å². The van der Waals surface area contributed by atoms with Crippen LogP contribution in [0, 0.1) is 5.82 Å². The molecule has 2 unspecified atom stereocenters. The molecule has 0 radical (unpaired) electrons. The maximum Gasteiger partial charge on any atom is 0.329 e. The van der Waals surface area contributed by atoms with Crippen molar-refractivity contribution >= 4 is 16.9 Å². The molecule has 0 bridgehead atoms. The van der Waals surface area contributed by atoms with Gasteiger partial charge in [-0.1, -0.05) is 6.92 Å². The van der Waals surface area contributed by atoms with Gasteiger partial charge in [-0.15, -0.1) is 0 Å². The van der Waals surface area contributed by atoms with Crippen molar-refractivity contribution in [2.45, 2.75) is 39.3 Å². The van der Waals surface area contributed by atoms with Crippen LogP contribution in [0.15, 0.2) is 30.5 Å². The fourth-order valence-electron chi connectivity index (χ4n) is 1.97. The Morgan fingerprint density at radius 1 is 1.37 bits per heavy atom. The van der Waals surface area contributed by atoms with Gasteiger partial charge >= 0.3 is 5.97 Å². The summed E-state index contributed by atoms with van der Waals surface area (Å²) in [6, 6.07) is 5.91. The van der Waals surface area contributed by atoms with Crippen molar-refractivity contribution < 1.29 is 13.9 Å². The van der Waals surface area contributed by atoms with Gasteiger partial charge in [-0.3, -0.25) is 0 Å². The molecule has 102 valence electrons. The van der Waals surface area contributed by atoms with E-state index in [1.807, 2.05) is 13.8 Å². The van der Waals surface area contributed by atoms with Gasteiger partial charge in [0.2, 0.25) is 0 Å². The van der Waals surface area contributed by atoms with E-state index in [9.17, 15) is 9.18 Å². The second-order valence-electron chi connectivity index (χ2n) is 4.76. The smallest absolute Gasteiger partial charge is 0.329 e. The quantitative estimate of drug-likeness (QED) is 0.788. The fraction of sp³-hybridized carbons (Fsp3) is 0.400. The number of ether oxygens (including phenoxy) is 1. The van der Waals surface area contributed by atoms with E-state index in [0.29, 0.717) is 0 Å². The van der Waals surface area contributed by atoms with Crippen LogP contribution >= 0.6 is 0 Å². The van der Waals surface area contributed by atoms with Crippen LogP contribution in [0.4, 0.5) is 4.39 Å². The Morgan fingerprint density at radius 3 is 2.79 bits per heavy atom. The summed E-state index contributed by atoms with van der Waals surface area (Å²) in [5.41, 5.74) is 0.829. The standard InChI is InChI=1S/C15H18FNO2/c1-4-10(2)19-15(18)11(3)17-8-7-12-9-13(16)5-6-14(12)17/h5-11H,4H2,1-3H3. The van der Waals surface area contributed by atoms with E-state index in [1.165, 1.54) is 12.1 Å². The Bertz CT molecular complexity index is 591. The fourth-order valence-corrected chi connectivity index (χ4v) is 1.97. The first-order valence-corrected chi connectivity index (χ1v) is 6.49. The molecular formula is C15H18FNO2. The van der Waals surface area contributed by atoms with Crippen LogP contribution in [-0.2, 0) is 9.53 Å². The molecule has 0 aliphatic rings. The van der Waals surface area contributed by atoms with Crippen molar-refractivity contribution in [3.63, 3.8) is 0 Å². The molecule has 0 N–H and O–H groups in total. The van der Waals surface area contributed by atoms with Crippen LogP contribution in [0.1, 0.15) is 33.2 Å². The number of carbonyl (C=O) groups excluding carboxylic acids is 1. The van der Waals surface area contributed by atoms with Crippen molar-refractivity contribution in [3.05, 3.63) is 36.3 Å². The molecule has 2 aromatic rings. The monoisotopic (exact) mass is 263 g/mol. The van der Waals surface area contributed by atoms with Crippen molar-refractivity contribution in [1.29, 1.82) is 0 Å². The summed E-state index contributed by atoms with van der Waals surface area (Å²) in [7, 11) is 0. The number of carbonyl (C=O) groups is 1. The van der Waals surface area contributed by atoms with Gasteiger partial charge in [0.1, 0.15) is 11.9 Å². The summed E-state index contributed by atoms with van der Waals surface area (Å²) >= 11 is 0. The van der Waals surface area contributed by atoms with Gasteiger partial charge in [-0.25, -0.2) is 9.18 Å². The van der Waals surface area contributed by atoms with Gasteiger partial charge in [0, 0.05) is 17.1 Å². The van der Waals surface area contributed by atoms with E-state index in [2.05, 4.69) is 0 Å². The van der Waals surface area contributed by atoms with E-state index >= 15 is 0 Å². The van der Waals surface area contributed by atoms with E-state index in [-0.39, 0.29) is 17.9 Å². The average Bonchev–Trinajstić information content (AvgIpc) is 2.80. The number of aromatic nitrogens is 1. The first kappa shape index (κ1) is 13.6. The van der Waals surface area contributed by atoms with Gasteiger partial charge in [0.25, 0.3) is 0 Å². The summed E-state index contributed by atoms with van der Waals surface area (Å²) in [4.78, 5) is 12.0. The number of hydrogen-bond donors (Lipinski definition) is 0. The minimum absolute atomic E-state index is 0.0887. The van der Waals surface area contributed by atoms with E-state index < -0.39 is 6.04 Å². The number of rotatable bonds is 4. The molecule has 19 heavy (non-hydrogen) atoms. The van der Waals surface area contributed by atoms with Crippen molar-refractivity contribution in [1.82, 2.24) is 4.57 Å². The second kappa shape index (κ2) is 5.43. The molecule has 0 saturated heterocycles. The molecule has 0 aliphatic heterocycles. The molecule has 1 heterocycles. The highest BCUT2D eigenvalue weighted by Gasteiger charge is 2.19. The third kappa shape index (κ3) is 2.78. The lowest BCUT2D eigenvalue weighted by Crippen LogP contribution is -2.22. The van der Waals surface area contributed by atoms with Crippen LogP contribution in [0.3, 0.4) is 0 Å². The Kier molecular flexibility index (Phi) is 3.88. The van der Waals surface area contributed by atoms with Gasteiger partial charge in [0.05, 0.1) is 6.10 Å². The number of hydrogen-bond acceptors (Lipinski definition) is 2. The lowest BCUT2D eigenvalue weighted by atomic mass is 10.2. The van der Waals surface area contributed by atoms with Crippen LogP contribution in [-0.4, -0.2) is 16.6 Å². The Morgan fingerprint density at radius 2 is 2.11 bits per heavy atom. The maximum atomic E-state index is 13.1. The average molecular weight is 263 g/mol. The van der Waals surface area contributed by atoms with Crippen LogP contribution in [0.2, 0.25) is 0 Å². The topological polar surface area (TPSA) is 31.2 Å². The first-order chi connectivity index (χ1) is 9.02. The molecule has 4 heteroatoms. The number of benzene rings is 1. The molecule has 2 rings (SSSR count). The van der Waals surface area contributed by atoms with Crippen LogP contribution in [0.25, 0.3) is 10.9 Å². The minimum Gasteiger partial charge on any atom is -0.461 e. The summed E-state index contributed by atoms with van der Waals surface area (Å²) in [5, 5.41) is 0.781. The van der Waals surface area contributed by atoms with Gasteiger partial charge in [-0.2, -0.15) is 0 Å². The second-order valence-corrected chi connectivity index (χ2v) is 4.76. The largest absolute Gasteiger partial charge is 0.461 e. The Balaban J connectivity index is 2.26. The molecule has 0 aliphatic carbocycles.